The van der Waals surface area contributed by atoms with Crippen molar-refractivity contribution in [1.82, 2.24) is 9.97 Å². The van der Waals surface area contributed by atoms with E-state index in [4.69, 9.17) is 0 Å². The largest absolute Gasteiger partial charge is 0.359 e. The molecule has 15 heavy (non-hydrogen) atoms. The Morgan fingerprint density at radius 2 is 2.33 bits per heavy atom. The molecule has 0 amide bonds. The van der Waals surface area contributed by atoms with Crippen LogP contribution in [0.1, 0.15) is 0 Å². The third-order valence-electron chi connectivity index (χ3n) is 2.36. The van der Waals surface area contributed by atoms with Crippen LogP contribution >= 0.6 is 11.3 Å². The lowest BCUT2D eigenvalue weighted by Crippen LogP contribution is -1.80. The van der Waals surface area contributed by atoms with E-state index in [0.29, 0.717) is 0 Å². The SMILES string of the molecule is Fc1cc2c(-c3ccsc3)c[nH]c2cn1. The van der Waals surface area contributed by atoms with Gasteiger partial charge in [-0.05, 0) is 22.4 Å². The summed E-state index contributed by atoms with van der Waals surface area (Å²) in [6, 6.07) is 3.48. The van der Waals surface area contributed by atoms with Crippen LogP contribution in [-0.4, -0.2) is 9.97 Å². The molecule has 2 nitrogen and oxygen atoms in total. The van der Waals surface area contributed by atoms with Gasteiger partial charge in [0.1, 0.15) is 0 Å². The molecule has 4 heteroatoms. The van der Waals surface area contributed by atoms with E-state index in [-0.39, 0.29) is 0 Å². The number of halogens is 1. The van der Waals surface area contributed by atoms with Gasteiger partial charge in [-0.2, -0.15) is 15.7 Å². The van der Waals surface area contributed by atoms with E-state index in [0.717, 1.165) is 22.0 Å². The highest BCUT2D eigenvalue weighted by Crippen LogP contribution is 2.29. The van der Waals surface area contributed by atoms with E-state index in [1.807, 2.05) is 23.0 Å². The number of fused-ring (bicyclic) bond motifs is 1. The molecule has 0 saturated carbocycles. The predicted octanol–water partition coefficient (Wildman–Crippen LogP) is 3.43. The lowest BCUT2D eigenvalue weighted by atomic mass is 10.1. The van der Waals surface area contributed by atoms with Crippen molar-refractivity contribution in [1.29, 1.82) is 0 Å². The molecule has 0 aliphatic rings. The van der Waals surface area contributed by atoms with Crippen molar-refractivity contribution in [2.75, 3.05) is 0 Å². The summed E-state index contributed by atoms with van der Waals surface area (Å²) in [6.07, 6.45) is 3.40. The number of hydrogen-bond donors (Lipinski definition) is 1. The number of H-pyrrole nitrogens is 1. The molecule has 3 heterocycles. The van der Waals surface area contributed by atoms with Crippen LogP contribution in [0, 0.1) is 5.95 Å². The summed E-state index contributed by atoms with van der Waals surface area (Å²) in [4.78, 5) is 6.69. The molecule has 1 N–H and O–H groups in total. The quantitative estimate of drug-likeness (QED) is 0.623. The van der Waals surface area contributed by atoms with Crippen LogP contribution in [0.15, 0.2) is 35.3 Å². The zero-order valence-corrected chi connectivity index (χ0v) is 8.51. The Morgan fingerprint density at radius 1 is 1.40 bits per heavy atom. The molecule has 0 spiro atoms. The van der Waals surface area contributed by atoms with Crippen LogP contribution in [0.2, 0.25) is 0 Å². The molecular weight excluding hydrogens is 211 g/mol. The number of nitrogens with zero attached hydrogens (tertiary/aromatic N) is 1. The van der Waals surface area contributed by atoms with Gasteiger partial charge >= 0.3 is 0 Å². The normalized spacial score (nSPS) is 11.0. The summed E-state index contributed by atoms with van der Waals surface area (Å²) in [5.74, 6) is -0.446. The minimum absolute atomic E-state index is 0.446. The fourth-order valence-corrected chi connectivity index (χ4v) is 2.31. The van der Waals surface area contributed by atoms with Gasteiger partial charge in [0.2, 0.25) is 5.95 Å². The van der Waals surface area contributed by atoms with Crippen LogP contribution in [0.3, 0.4) is 0 Å². The Kier molecular flexibility index (Phi) is 1.82. The van der Waals surface area contributed by atoms with Crippen molar-refractivity contribution in [2.45, 2.75) is 0 Å². The van der Waals surface area contributed by atoms with Gasteiger partial charge in [0.05, 0.1) is 11.7 Å². The summed E-state index contributed by atoms with van der Waals surface area (Å²) >= 11 is 1.63. The number of pyridine rings is 1. The van der Waals surface area contributed by atoms with Crippen molar-refractivity contribution in [3.05, 3.63) is 41.2 Å². The van der Waals surface area contributed by atoms with Gasteiger partial charge in [0.25, 0.3) is 0 Å². The minimum atomic E-state index is -0.446. The number of aromatic amines is 1. The van der Waals surface area contributed by atoms with Crippen molar-refractivity contribution in [2.24, 2.45) is 0 Å². The first-order valence-electron chi connectivity index (χ1n) is 4.50. The van der Waals surface area contributed by atoms with E-state index >= 15 is 0 Å². The number of aromatic nitrogens is 2. The number of thiophene rings is 1. The zero-order chi connectivity index (χ0) is 10.3. The van der Waals surface area contributed by atoms with Gasteiger partial charge in [-0.25, -0.2) is 4.98 Å². The third kappa shape index (κ3) is 1.34. The average Bonchev–Trinajstić information content (AvgIpc) is 2.83. The molecule has 0 fully saturated rings. The van der Waals surface area contributed by atoms with Crippen molar-refractivity contribution in [3.8, 4) is 11.1 Å². The van der Waals surface area contributed by atoms with Gasteiger partial charge in [-0.3, -0.25) is 0 Å². The van der Waals surface area contributed by atoms with Crippen LogP contribution in [0.25, 0.3) is 22.0 Å². The molecule has 0 aliphatic carbocycles. The maximum atomic E-state index is 13.0. The molecule has 74 valence electrons. The summed E-state index contributed by atoms with van der Waals surface area (Å²) in [5, 5.41) is 4.92. The molecule has 0 bridgehead atoms. The molecule has 0 aromatic carbocycles. The molecule has 3 rings (SSSR count). The van der Waals surface area contributed by atoms with E-state index < -0.39 is 5.95 Å². The Bertz CT molecular complexity index is 598. The van der Waals surface area contributed by atoms with E-state index in [2.05, 4.69) is 9.97 Å². The van der Waals surface area contributed by atoms with Crippen molar-refractivity contribution >= 4 is 22.2 Å². The number of hydrogen-bond acceptors (Lipinski definition) is 2. The molecule has 0 aliphatic heterocycles. The summed E-state index contributed by atoms with van der Waals surface area (Å²) < 4.78 is 13.0. The summed E-state index contributed by atoms with van der Waals surface area (Å²) in [7, 11) is 0. The van der Waals surface area contributed by atoms with Crippen LogP contribution < -0.4 is 0 Å². The topological polar surface area (TPSA) is 28.7 Å². The Balaban J connectivity index is 2.32. The monoisotopic (exact) mass is 218 g/mol. The molecule has 3 aromatic heterocycles. The highest BCUT2D eigenvalue weighted by atomic mass is 32.1. The Hall–Kier alpha value is -1.68. The van der Waals surface area contributed by atoms with E-state index in [9.17, 15) is 4.39 Å². The maximum absolute atomic E-state index is 13.0. The zero-order valence-electron chi connectivity index (χ0n) is 7.70. The Labute approximate surface area is 89.4 Å². The number of rotatable bonds is 1. The van der Waals surface area contributed by atoms with Gasteiger partial charge in [-0.15, -0.1) is 0 Å². The smallest absolute Gasteiger partial charge is 0.213 e. The lowest BCUT2D eigenvalue weighted by molar-refractivity contribution is 0.586. The van der Waals surface area contributed by atoms with Crippen molar-refractivity contribution < 1.29 is 4.39 Å². The molecular formula is C11H7FN2S. The summed E-state index contributed by atoms with van der Waals surface area (Å²) in [6.45, 7) is 0. The van der Waals surface area contributed by atoms with Crippen LogP contribution in [0.5, 0.6) is 0 Å². The first-order chi connectivity index (χ1) is 7.34. The second-order valence-electron chi connectivity index (χ2n) is 3.27. The molecule has 0 radical (unpaired) electrons. The summed E-state index contributed by atoms with van der Waals surface area (Å²) in [5.41, 5.74) is 2.99. The third-order valence-corrected chi connectivity index (χ3v) is 3.05. The highest BCUT2D eigenvalue weighted by Gasteiger charge is 2.07. The number of nitrogens with one attached hydrogen (secondary N) is 1. The van der Waals surface area contributed by atoms with Gasteiger partial charge in [0.15, 0.2) is 0 Å². The van der Waals surface area contributed by atoms with Gasteiger partial charge in [-0.1, -0.05) is 0 Å². The van der Waals surface area contributed by atoms with Crippen LogP contribution in [0.4, 0.5) is 4.39 Å². The van der Waals surface area contributed by atoms with E-state index in [1.165, 1.54) is 12.3 Å². The van der Waals surface area contributed by atoms with Gasteiger partial charge in [0, 0.05) is 23.2 Å². The second-order valence-corrected chi connectivity index (χ2v) is 4.05. The fraction of sp³-hybridized carbons (Fsp3) is 0. The van der Waals surface area contributed by atoms with Crippen molar-refractivity contribution in [3.63, 3.8) is 0 Å². The first-order valence-corrected chi connectivity index (χ1v) is 5.44. The fourth-order valence-electron chi connectivity index (χ4n) is 1.65. The molecule has 0 atom stereocenters. The average molecular weight is 218 g/mol. The van der Waals surface area contributed by atoms with Gasteiger partial charge < -0.3 is 4.98 Å². The first kappa shape index (κ1) is 8.61. The standard InChI is InChI=1S/C11H7FN2S/c12-11-3-8-9(7-1-2-15-6-7)4-13-10(8)5-14-11/h1-6,13H. The molecule has 0 unspecified atom stereocenters. The molecule has 3 aromatic rings. The predicted molar refractivity (Wildman–Crippen MR) is 59.4 cm³/mol. The molecule has 0 saturated heterocycles. The Morgan fingerprint density at radius 3 is 3.13 bits per heavy atom. The van der Waals surface area contributed by atoms with E-state index in [1.54, 1.807) is 11.3 Å². The lowest BCUT2D eigenvalue weighted by Gasteiger charge is -1.94. The second kappa shape index (κ2) is 3.17. The maximum Gasteiger partial charge on any atom is 0.213 e. The highest BCUT2D eigenvalue weighted by molar-refractivity contribution is 7.08. The van der Waals surface area contributed by atoms with Crippen LogP contribution in [-0.2, 0) is 0 Å². The minimum Gasteiger partial charge on any atom is -0.359 e.